The van der Waals surface area contributed by atoms with Crippen LogP contribution in [-0.4, -0.2) is 0 Å². The SMILES string of the molecule is Cc1cccc2ccc(-c3c4ccccc4c(N4c5ccccc5C5(c6cc(-c7c8ccccc8cc8ccccc78)ccc6-c6ccc(-c7c8ccccc8cc8ccccc78)cc65)c5ccccc54)c4ccccc34)cc12. The summed E-state index contributed by atoms with van der Waals surface area (Å²) in [5.41, 5.74) is 19.2. The van der Waals surface area contributed by atoms with Gasteiger partial charge in [0, 0.05) is 10.8 Å². The van der Waals surface area contributed by atoms with Crippen LogP contribution in [0.25, 0.3) is 120 Å². The summed E-state index contributed by atoms with van der Waals surface area (Å²) in [6.45, 7) is 2.23. The Balaban J connectivity index is 0.985. The molecule has 0 N–H and O–H groups in total. The smallest absolute Gasteiger partial charge is 0.0754 e. The number of fused-ring (bicyclic) bond motifs is 16. The summed E-state index contributed by atoms with van der Waals surface area (Å²) in [6, 6.07) is 106. The quantitative estimate of drug-likeness (QED) is 0.159. The van der Waals surface area contributed by atoms with Crippen molar-refractivity contribution in [2.24, 2.45) is 0 Å². The van der Waals surface area contributed by atoms with E-state index in [0.717, 1.165) is 0 Å². The zero-order chi connectivity index (χ0) is 51.9. The maximum absolute atomic E-state index is 2.62. The lowest BCUT2D eigenvalue weighted by molar-refractivity contribution is 0.754. The van der Waals surface area contributed by atoms with E-state index in [9.17, 15) is 0 Å². The van der Waals surface area contributed by atoms with Gasteiger partial charge in [-0.15, -0.1) is 0 Å². The molecule has 15 aromatic carbocycles. The molecule has 0 amide bonds. The van der Waals surface area contributed by atoms with Crippen molar-refractivity contribution in [2.75, 3.05) is 4.90 Å². The summed E-state index contributed by atoms with van der Waals surface area (Å²) in [5.74, 6) is 0. The molecule has 0 radical (unpaired) electrons. The Morgan fingerprint density at radius 3 is 1.10 bits per heavy atom. The number of hydrogen-bond acceptors (Lipinski definition) is 1. The van der Waals surface area contributed by atoms with Gasteiger partial charge in [-0.05, 0) is 186 Å². The Kier molecular flexibility index (Phi) is 9.33. The molecule has 0 atom stereocenters. The van der Waals surface area contributed by atoms with Crippen LogP contribution >= 0.6 is 0 Å². The summed E-state index contributed by atoms with van der Waals surface area (Å²) in [7, 11) is 0. The number of benzene rings is 15. The molecule has 1 heterocycles. The van der Waals surface area contributed by atoms with Crippen molar-refractivity contribution in [3.63, 3.8) is 0 Å². The van der Waals surface area contributed by atoms with Crippen molar-refractivity contribution in [3.8, 4) is 44.5 Å². The largest absolute Gasteiger partial charge is 0.309 e. The molecule has 15 aromatic rings. The second-order valence-electron chi connectivity index (χ2n) is 21.9. The molecule has 0 fully saturated rings. The van der Waals surface area contributed by atoms with E-state index in [2.05, 4.69) is 291 Å². The minimum atomic E-state index is -0.727. The van der Waals surface area contributed by atoms with Crippen molar-refractivity contribution >= 4 is 92.5 Å². The van der Waals surface area contributed by atoms with Gasteiger partial charge in [-0.25, -0.2) is 0 Å². The first-order valence-corrected chi connectivity index (χ1v) is 27.7. The fourth-order valence-electron chi connectivity index (χ4n) is 14.6. The third-order valence-electron chi connectivity index (χ3n) is 17.9. The molecule has 1 aliphatic carbocycles. The lowest BCUT2D eigenvalue weighted by Gasteiger charge is -2.45. The van der Waals surface area contributed by atoms with Crippen LogP contribution in [0.2, 0.25) is 0 Å². The molecule has 0 saturated heterocycles. The molecule has 1 spiro atoms. The summed E-state index contributed by atoms with van der Waals surface area (Å²) < 4.78 is 0. The maximum Gasteiger partial charge on any atom is 0.0754 e. The van der Waals surface area contributed by atoms with Gasteiger partial charge in [-0.3, -0.25) is 0 Å². The summed E-state index contributed by atoms with van der Waals surface area (Å²) in [4.78, 5) is 2.62. The molecule has 79 heavy (non-hydrogen) atoms. The highest BCUT2D eigenvalue weighted by atomic mass is 15.2. The number of rotatable bonds is 4. The lowest BCUT2D eigenvalue weighted by Crippen LogP contribution is -2.36. The number of nitrogens with zero attached hydrogens (tertiary/aromatic N) is 1. The molecule has 0 saturated carbocycles. The Bertz CT molecular complexity index is 4730. The Labute approximate surface area is 458 Å². The van der Waals surface area contributed by atoms with E-state index in [1.54, 1.807) is 0 Å². The average Bonchev–Trinajstić information content (AvgIpc) is 3.85. The first-order chi connectivity index (χ1) is 39.1. The van der Waals surface area contributed by atoms with Gasteiger partial charge in [0.05, 0.1) is 22.5 Å². The molecule has 0 bridgehead atoms. The molecule has 1 aliphatic heterocycles. The summed E-state index contributed by atoms with van der Waals surface area (Å²) in [6.07, 6.45) is 0. The molecule has 0 unspecified atom stereocenters. The first-order valence-electron chi connectivity index (χ1n) is 27.7. The summed E-state index contributed by atoms with van der Waals surface area (Å²) >= 11 is 0. The minimum absolute atomic E-state index is 0.727. The fraction of sp³-hybridized carbons (Fsp3) is 0.0256. The third-order valence-corrected chi connectivity index (χ3v) is 17.9. The van der Waals surface area contributed by atoms with Crippen molar-refractivity contribution in [1.29, 1.82) is 0 Å². The van der Waals surface area contributed by atoms with E-state index in [-0.39, 0.29) is 0 Å². The standard InChI is InChI=1S/C78H49N/c1-48-19-18-24-49-37-38-54(45-67(48)49)76-63-29-10-12-31-65(63)77(66-32-13-11-30-64(66)76)79-72-35-16-14-33-68(72)78(69-34-15-17-36-73(69)79)70-46-55(74-57-25-6-2-20-50(57)43-51-21-3-7-26-58(51)74)39-41-61(70)62-42-40-56(47-71(62)78)75-59-27-8-4-22-52(59)44-53-23-5-9-28-60(53)75/h2-47H,1H3. The molecule has 1 heteroatoms. The van der Waals surface area contributed by atoms with Crippen LogP contribution < -0.4 is 4.90 Å². The van der Waals surface area contributed by atoms with Crippen molar-refractivity contribution in [2.45, 2.75) is 12.3 Å². The second kappa shape index (κ2) is 16.7. The van der Waals surface area contributed by atoms with Gasteiger partial charge >= 0.3 is 0 Å². The van der Waals surface area contributed by atoms with Crippen molar-refractivity contribution < 1.29 is 0 Å². The van der Waals surface area contributed by atoms with Crippen LogP contribution in [0.1, 0.15) is 27.8 Å². The van der Waals surface area contributed by atoms with Gasteiger partial charge in [0.15, 0.2) is 0 Å². The first kappa shape index (κ1) is 44.1. The van der Waals surface area contributed by atoms with E-state index in [1.165, 1.54) is 165 Å². The monoisotopic (exact) mass is 999 g/mol. The number of para-hydroxylation sites is 2. The molecule has 366 valence electrons. The topological polar surface area (TPSA) is 3.24 Å². The highest BCUT2D eigenvalue weighted by Gasteiger charge is 2.52. The van der Waals surface area contributed by atoms with Gasteiger partial charge in [-0.2, -0.15) is 0 Å². The van der Waals surface area contributed by atoms with E-state index >= 15 is 0 Å². The molecule has 2 aliphatic rings. The predicted molar refractivity (Wildman–Crippen MR) is 336 cm³/mol. The molecule has 0 aromatic heterocycles. The third kappa shape index (κ3) is 6.16. The Morgan fingerprint density at radius 2 is 0.620 bits per heavy atom. The average molecular weight is 1000 g/mol. The van der Waals surface area contributed by atoms with E-state index in [0.29, 0.717) is 0 Å². The fourth-order valence-corrected chi connectivity index (χ4v) is 14.6. The molecule has 1 nitrogen and oxygen atoms in total. The lowest BCUT2D eigenvalue weighted by atomic mass is 9.64. The normalized spacial score (nSPS) is 13.2. The Morgan fingerprint density at radius 1 is 0.253 bits per heavy atom. The highest BCUT2D eigenvalue weighted by molar-refractivity contribution is 6.24. The number of hydrogen-bond donors (Lipinski definition) is 0. The van der Waals surface area contributed by atoms with Crippen molar-refractivity contribution in [3.05, 3.63) is 307 Å². The van der Waals surface area contributed by atoms with Gasteiger partial charge in [0.25, 0.3) is 0 Å². The zero-order valence-electron chi connectivity index (χ0n) is 43.5. The van der Waals surface area contributed by atoms with Crippen LogP contribution in [0.5, 0.6) is 0 Å². The zero-order valence-corrected chi connectivity index (χ0v) is 43.5. The van der Waals surface area contributed by atoms with Crippen LogP contribution in [0.3, 0.4) is 0 Å². The molecular formula is C78H49N. The van der Waals surface area contributed by atoms with Crippen LogP contribution in [0, 0.1) is 6.92 Å². The number of anilines is 3. The van der Waals surface area contributed by atoms with E-state index < -0.39 is 5.41 Å². The van der Waals surface area contributed by atoms with Gasteiger partial charge in [-0.1, -0.05) is 237 Å². The van der Waals surface area contributed by atoms with Crippen LogP contribution in [0.15, 0.2) is 279 Å². The maximum atomic E-state index is 2.62. The predicted octanol–water partition coefficient (Wildman–Crippen LogP) is 21.2. The van der Waals surface area contributed by atoms with Crippen molar-refractivity contribution in [1.82, 2.24) is 0 Å². The van der Waals surface area contributed by atoms with Gasteiger partial charge < -0.3 is 4.90 Å². The minimum Gasteiger partial charge on any atom is -0.309 e. The van der Waals surface area contributed by atoms with Gasteiger partial charge in [0.1, 0.15) is 0 Å². The van der Waals surface area contributed by atoms with E-state index in [1.807, 2.05) is 0 Å². The highest BCUT2D eigenvalue weighted by Crippen LogP contribution is 2.65. The van der Waals surface area contributed by atoms with Gasteiger partial charge in [0.2, 0.25) is 0 Å². The molecule has 17 rings (SSSR count). The second-order valence-corrected chi connectivity index (χ2v) is 21.9. The molecular weight excluding hydrogens is 951 g/mol. The summed E-state index contributed by atoms with van der Waals surface area (Å²) in [5, 5.41) is 17.4. The number of aryl methyl sites for hydroxylation is 1. The Hall–Kier alpha value is -10.1. The van der Waals surface area contributed by atoms with Crippen LogP contribution in [-0.2, 0) is 5.41 Å². The van der Waals surface area contributed by atoms with E-state index in [4.69, 9.17) is 0 Å². The van der Waals surface area contributed by atoms with Crippen LogP contribution in [0.4, 0.5) is 17.1 Å².